The molecule has 0 aliphatic carbocycles. The van der Waals surface area contributed by atoms with Crippen LogP contribution in [0.3, 0.4) is 0 Å². The van der Waals surface area contributed by atoms with Gasteiger partial charge < -0.3 is 5.21 Å². The topological polar surface area (TPSA) is 23.5 Å². The molecule has 0 amide bonds. The van der Waals surface area contributed by atoms with Crippen molar-refractivity contribution in [1.29, 1.82) is 0 Å². The van der Waals surface area contributed by atoms with Crippen LogP contribution in [0.2, 0.25) is 0 Å². The average molecular weight is 223 g/mol. The van der Waals surface area contributed by atoms with E-state index in [0.717, 1.165) is 5.57 Å². The van der Waals surface area contributed by atoms with E-state index in [1.807, 2.05) is 26.8 Å². The fraction of sp³-hybridized carbons (Fsp3) is 0.571. The fourth-order valence-corrected chi connectivity index (χ4v) is 1.65. The summed E-state index contributed by atoms with van der Waals surface area (Å²) in [6.45, 7) is 17.6. The number of rotatable bonds is 5. The van der Waals surface area contributed by atoms with Gasteiger partial charge in [-0.05, 0) is 32.3 Å². The quantitative estimate of drug-likeness (QED) is 0.566. The molecule has 1 unspecified atom stereocenters. The molecule has 2 nitrogen and oxygen atoms in total. The van der Waals surface area contributed by atoms with Crippen molar-refractivity contribution in [2.45, 2.75) is 46.2 Å². The van der Waals surface area contributed by atoms with E-state index in [1.165, 1.54) is 5.06 Å². The summed E-state index contributed by atoms with van der Waals surface area (Å²) in [4.78, 5) is 0. The van der Waals surface area contributed by atoms with Gasteiger partial charge in [0.25, 0.3) is 0 Å². The lowest BCUT2D eigenvalue weighted by molar-refractivity contribution is -0.186. The maximum absolute atomic E-state index is 10.3. The van der Waals surface area contributed by atoms with E-state index < -0.39 is 0 Å². The lowest BCUT2D eigenvalue weighted by Crippen LogP contribution is -2.48. The number of allylic oxidation sites excluding steroid dienone is 2. The van der Waals surface area contributed by atoms with Gasteiger partial charge in [-0.15, -0.1) is 0 Å². The first kappa shape index (κ1) is 15.1. The Morgan fingerprint density at radius 1 is 1.25 bits per heavy atom. The second kappa shape index (κ2) is 6.02. The Morgan fingerprint density at radius 3 is 2.00 bits per heavy atom. The van der Waals surface area contributed by atoms with E-state index in [2.05, 4.69) is 27.0 Å². The molecule has 1 atom stereocenters. The predicted octanol–water partition coefficient (Wildman–Crippen LogP) is 3.80. The van der Waals surface area contributed by atoms with Gasteiger partial charge >= 0.3 is 0 Å². The molecular weight excluding hydrogens is 198 g/mol. The highest BCUT2D eigenvalue weighted by Crippen LogP contribution is 2.25. The van der Waals surface area contributed by atoms with Crippen LogP contribution in [-0.2, 0) is 0 Å². The van der Waals surface area contributed by atoms with Crippen molar-refractivity contribution in [2.75, 3.05) is 0 Å². The van der Waals surface area contributed by atoms with Crippen molar-refractivity contribution in [2.24, 2.45) is 5.92 Å². The Hall–Kier alpha value is -0.860. The predicted molar refractivity (Wildman–Crippen MR) is 70.5 cm³/mol. The first-order chi connectivity index (χ1) is 7.25. The summed E-state index contributed by atoms with van der Waals surface area (Å²) in [5, 5.41) is 11.7. The van der Waals surface area contributed by atoms with Crippen molar-refractivity contribution < 1.29 is 5.21 Å². The zero-order valence-corrected chi connectivity index (χ0v) is 11.2. The Morgan fingerprint density at radius 2 is 1.75 bits per heavy atom. The minimum absolute atomic E-state index is 0.0597. The molecule has 0 saturated carbocycles. The fourth-order valence-electron chi connectivity index (χ4n) is 1.65. The average Bonchev–Trinajstić information content (AvgIpc) is 2.14. The van der Waals surface area contributed by atoms with Crippen LogP contribution >= 0.6 is 0 Å². The normalized spacial score (nSPS) is 15.4. The molecule has 92 valence electrons. The zero-order chi connectivity index (χ0) is 12.9. The Kier molecular flexibility index (Phi) is 5.70. The lowest BCUT2D eigenvalue weighted by Gasteiger charge is -2.39. The zero-order valence-electron chi connectivity index (χ0n) is 11.2. The first-order valence-electron chi connectivity index (χ1n) is 5.69. The summed E-state index contributed by atoms with van der Waals surface area (Å²) >= 11 is 0. The van der Waals surface area contributed by atoms with Gasteiger partial charge in [0.1, 0.15) is 0 Å². The van der Waals surface area contributed by atoms with E-state index in [4.69, 9.17) is 0 Å². The van der Waals surface area contributed by atoms with Crippen LogP contribution in [0.25, 0.3) is 0 Å². The molecule has 1 N–H and O–H groups in total. The minimum atomic E-state index is -0.293. The molecule has 0 spiro atoms. The minimum Gasteiger partial charge on any atom is -0.313 e. The lowest BCUT2D eigenvalue weighted by atomic mass is 9.92. The summed E-state index contributed by atoms with van der Waals surface area (Å²) < 4.78 is 0. The highest BCUT2D eigenvalue weighted by atomic mass is 16.5. The van der Waals surface area contributed by atoms with Crippen molar-refractivity contribution >= 4 is 0 Å². The number of hydrogen-bond acceptors (Lipinski definition) is 2. The molecular formula is C14H25NO. The van der Waals surface area contributed by atoms with Gasteiger partial charge in [0.05, 0.1) is 6.04 Å². The van der Waals surface area contributed by atoms with Crippen LogP contribution in [0.5, 0.6) is 0 Å². The number of hydroxylamine groups is 2. The number of hydrogen-bond donors (Lipinski definition) is 1. The summed E-state index contributed by atoms with van der Waals surface area (Å²) in [6, 6.07) is -0.0597. The second-order valence-electron chi connectivity index (χ2n) is 5.31. The van der Waals surface area contributed by atoms with Crippen molar-refractivity contribution in [3.05, 3.63) is 37.0 Å². The van der Waals surface area contributed by atoms with E-state index >= 15 is 0 Å². The smallest absolute Gasteiger partial charge is 0.0628 e. The van der Waals surface area contributed by atoms with Gasteiger partial charge in [0.2, 0.25) is 0 Å². The van der Waals surface area contributed by atoms with Gasteiger partial charge in [0.15, 0.2) is 0 Å². The van der Waals surface area contributed by atoms with Crippen LogP contribution in [0, 0.1) is 5.92 Å². The molecule has 0 radical (unpaired) electrons. The summed E-state index contributed by atoms with van der Waals surface area (Å²) in [5.41, 5.74) is 0.695. The molecule has 0 aromatic rings. The third-order valence-corrected chi connectivity index (χ3v) is 2.47. The van der Waals surface area contributed by atoms with Crippen LogP contribution in [0.4, 0.5) is 0 Å². The first-order valence-corrected chi connectivity index (χ1v) is 5.69. The standard InChI is InChI=1S/C14H25NO/c1-8-10-12(9-2)13(11(3)4)15(16)14(5,6)7/h8-11,13,16H,1-2H2,3-7H3/b12-10+. The molecule has 2 heteroatoms. The second-order valence-corrected chi connectivity index (χ2v) is 5.31. The third kappa shape index (κ3) is 3.95. The van der Waals surface area contributed by atoms with E-state index in [-0.39, 0.29) is 11.6 Å². The molecule has 0 aliphatic rings. The molecule has 16 heavy (non-hydrogen) atoms. The summed E-state index contributed by atoms with van der Waals surface area (Å²) in [7, 11) is 0. The summed E-state index contributed by atoms with van der Waals surface area (Å²) in [5.74, 6) is 0.299. The molecule has 0 saturated heterocycles. The largest absolute Gasteiger partial charge is 0.313 e. The Balaban J connectivity index is 5.23. The molecule has 0 bridgehead atoms. The van der Waals surface area contributed by atoms with E-state index in [0.29, 0.717) is 5.92 Å². The number of nitrogens with zero attached hydrogens (tertiary/aromatic N) is 1. The Bertz CT molecular complexity index is 271. The van der Waals surface area contributed by atoms with Gasteiger partial charge in [-0.3, -0.25) is 0 Å². The highest BCUT2D eigenvalue weighted by Gasteiger charge is 2.31. The van der Waals surface area contributed by atoms with Crippen molar-refractivity contribution in [3.8, 4) is 0 Å². The van der Waals surface area contributed by atoms with Crippen LogP contribution in [0.1, 0.15) is 34.6 Å². The van der Waals surface area contributed by atoms with Crippen LogP contribution in [0.15, 0.2) is 37.0 Å². The third-order valence-electron chi connectivity index (χ3n) is 2.47. The molecule has 0 rings (SSSR count). The van der Waals surface area contributed by atoms with Crippen LogP contribution in [-0.4, -0.2) is 21.9 Å². The van der Waals surface area contributed by atoms with E-state index in [1.54, 1.807) is 12.2 Å². The van der Waals surface area contributed by atoms with Crippen molar-refractivity contribution in [3.63, 3.8) is 0 Å². The molecule has 0 aliphatic heterocycles. The van der Waals surface area contributed by atoms with Crippen molar-refractivity contribution in [1.82, 2.24) is 5.06 Å². The molecule has 0 fully saturated rings. The maximum atomic E-state index is 10.3. The SMILES string of the molecule is C=C/C=C(\C=C)C(C(C)C)N(O)C(C)(C)C. The maximum Gasteiger partial charge on any atom is 0.0628 e. The Labute approximate surface area is 99.9 Å². The van der Waals surface area contributed by atoms with Gasteiger partial charge in [-0.2, -0.15) is 5.06 Å². The molecule has 0 aromatic heterocycles. The van der Waals surface area contributed by atoms with E-state index in [9.17, 15) is 5.21 Å². The monoisotopic (exact) mass is 223 g/mol. The van der Waals surface area contributed by atoms with Gasteiger partial charge in [-0.1, -0.05) is 45.2 Å². The highest BCUT2D eigenvalue weighted by molar-refractivity contribution is 5.27. The molecule has 0 heterocycles. The van der Waals surface area contributed by atoms with Gasteiger partial charge in [-0.25, -0.2) is 0 Å². The van der Waals surface area contributed by atoms with Gasteiger partial charge in [0, 0.05) is 5.54 Å². The van der Waals surface area contributed by atoms with Crippen LogP contribution < -0.4 is 0 Å². The molecule has 0 aromatic carbocycles. The summed E-state index contributed by atoms with van der Waals surface area (Å²) in [6.07, 6.45) is 5.40.